The van der Waals surface area contributed by atoms with E-state index in [4.69, 9.17) is 4.42 Å². The maximum absolute atomic E-state index is 12.0. The summed E-state index contributed by atoms with van der Waals surface area (Å²) in [5, 5.41) is 15.1. The summed E-state index contributed by atoms with van der Waals surface area (Å²) in [6, 6.07) is 15.3. The first-order valence-corrected chi connectivity index (χ1v) is 8.19. The molecule has 0 saturated heterocycles. The number of furan rings is 1. The largest absolute Gasteiger partial charge is 0.455 e. The van der Waals surface area contributed by atoms with Crippen LogP contribution in [0.25, 0.3) is 11.3 Å². The highest BCUT2D eigenvalue weighted by molar-refractivity contribution is 5.94. The van der Waals surface area contributed by atoms with Crippen molar-refractivity contribution in [1.29, 1.82) is 0 Å². The van der Waals surface area contributed by atoms with Crippen LogP contribution in [-0.2, 0) is 0 Å². The number of nitrogens with one attached hydrogen (secondary N) is 1. The van der Waals surface area contributed by atoms with Crippen LogP contribution < -0.4 is 5.43 Å². The average molecular weight is 363 g/mol. The van der Waals surface area contributed by atoms with E-state index in [1.54, 1.807) is 43.3 Å². The Morgan fingerprint density at radius 2 is 1.78 bits per heavy atom. The summed E-state index contributed by atoms with van der Waals surface area (Å²) < 4.78 is 5.60. The second-order valence-electron chi connectivity index (χ2n) is 6.04. The smallest absolute Gasteiger partial charge is 0.280 e. The van der Waals surface area contributed by atoms with E-state index in [0.29, 0.717) is 22.6 Å². The molecule has 3 aromatic rings. The van der Waals surface area contributed by atoms with Crippen molar-refractivity contribution >= 4 is 17.8 Å². The highest BCUT2D eigenvalue weighted by Crippen LogP contribution is 2.31. The summed E-state index contributed by atoms with van der Waals surface area (Å²) in [6.07, 6.45) is 1.34. The van der Waals surface area contributed by atoms with Crippen molar-refractivity contribution in [3.8, 4) is 11.3 Å². The number of amides is 1. The lowest BCUT2D eigenvalue weighted by Gasteiger charge is -2.01. The van der Waals surface area contributed by atoms with Crippen molar-refractivity contribution in [3.63, 3.8) is 0 Å². The normalized spacial score (nSPS) is 10.9. The van der Waals surface area contributed by atoms with E-state index in [9.17, 15) is 14.9 Å². The number of benzene rings is 2. The first-order chi connectivity index (χ1) is 12.9. The third-order valence-corrected chi connectivity index (χ3v) is 3.91. The maximum Gasteiger partial charge on any atom is 0.280 e. The van der Waals surface area contributed by atoms with Gasteiger partial charge in [-0.3, -0.25) is 14.9 Å². The molecule has 3 rings (SSSR count). The molecule has 7 heteroatoms. The Morgan fingerprint density at radius 1 is 1.07 bits per heavy atom. The fraction of sp³-hybridized carbons (Fsp3) is 0.100. The second kappa shape index (κ2) is 7.65. The topological polar surface area (TPSA) is 97.7 Å². The molecule has 1 aromatic heterocycles. The molecule has 1 N–H and O–H groups in total. The van der Waals surface area contributed by atoms with Gasteiger partial charge in [-0.25, -0.2) is 5.43 Å². The third kappa shape index (κ3) is 4.27. The number of hydrazone groups is 1. The van der Waals surface area contributed by atoms with Gasteiger partial charge >= 0.3 is 0 Å². The van der Waals surface area contributed by atoms with Crippen LogP contribution in [0.5, 0.6) is 0 Å². The van der Waals surface area contributed by atoms with E-state index in [2.05, 4.69) is 10.5 Å². The van der Waals surface area contributed by atoms with Crippen LogP contribution in [0.4, 0.5) is 5.69 Å². The van der Waals surface area contributed by atoms with Gasteiger partial charge in [-0.15, -0.1) is 0 Å². The minimum absolute atomic E-state index is 0.0273. The van der Waals surface area contributed by atoms with E-state index >= 15 is 0 Å². The fourth-order valence-corrected chi connectivity index (χ4v) is 2.49. The van der Waals surface area contributed by atoms with Gasteiger partial charge in [-0.2, -0.15) is 5.10 Å². The summed E-state index contributed by atoms with van der Waals surface area (Å²) in [5.41, 5.74) is 5.11. The third-order valence-electron chi connectivity index (χ3n) is 3.91. The van der Waals surface area contributed by atoms with E-state index in [1.807, 2.05) is 19.1 Å². The standard InChI is InChI=1S/C20H17N3O4/c1-13-3-6-15(7-4-13)20(24)22-21-12-16-8-10-19(27-16)17-9-5-14(2)11-18(17)23(25)26/h3-12H,1-2H3,(H,22,24)/b21-12+. The van der Waals surface area contributed by atoms with Gasteiger partial charge in [0.15, 0.2) is 0 Å². The molecule has 1 heterocycles. The van der Waals surface area contributed by atoms with Gasteiger partial charge in [0.05, 0.1) is 16.7 Å². The van der Waals surface area contributed by atoms with Crippen LogP contribution in [0.2, 0.25) is 0 Å². The highest BCUT2D eigenvalue weighted by Gasteiger charge is 2.18. The fourth-order valence-electron chi connectivity index (χ4n) is 2.49. The molecule has 0 saturated carbocycles. The number of aryl methyl sites for hydroxylation is 2. The van der Waals surface area contributed by atoms with Crippen LogP contribution >= 0.6 is 0 Å². The molecule has 0 bridgehead atoms. The number of nitrogens with zero attached hydrogens (tertiary/aromatic N) is 2. The molecule has 7 nitrogen and oxygen atoms in total. The van der Waals surface area contributed by atoms with Crippen molar-refractivity contribution < 1.29 is 14.1 Å². The van der Waals surface area contributed by atoms with Crippen molar-refractivity contribution in [3.05, 3.63) is 87.2 Å². The van der Waals surface area contributed by atoms with Crippen LogP contribution in [0.1, 0.15) is 27.2 Å². The Morgan fingerprint density at radius 3 is 2.48 bits per heavy atom. The molecular weight excluding hydrogens is 346 g/mol. The van der Waals surface area contributed by atoms with E-state index < -0.39 is 4.92 Å². The van der Waals surface area contributed by atoms with E-state index in [-0.39, 0.29) is 11.6 Å². The lowest BCUT2D eigenvalue weighted by Crippen LogP contribution is -2.17. The molecule has 0 aliphatic heterocycles. The number of hydrogen-bond acceptors (Lipinski definition) is 5. The minimum atomic E-state index is -0.444. The van der Waals surface area contributed by atoms with Crippen molar-refractivity contribution in [2.75, 3.05) is 0 Å². The quantitative estimate of drug-likeness (QED) is 0.416. The van der Waals surface area contributed by atoms with Crippen molar-refractivity contribution in [2.45, 2.75) is 13.8 Å². The Hall–Kier alpha value is -3.74. The SMILES string of the molecule is Cc1ccc(C(=O)N/N=C/c2ccc(-c3ccc(C)cc3[N+](=O)[O-])o2)cc1. The number of hydrogen-bond donors (Lipinski definition) is 1. The molecule has 0 atom stereocenters. The number of carbonyl (C=O) groups is 1. The number of carbonyl (C=O) groups excluding carboxylic acids is 1. The molecule has 0 aliphatic carbocycles. The summed E-state index contributed by atoms with van der Waals surface area (Å²) >= 11 is 0. The highest BCUT2D eigenvalue weighted by atomic mass is 16.6. The Labute approximate surface area is 155 Å². The average Bonchev–Trinajstić information content (AvgIpc) is 3.10. The number of nitro benzene ring substituents is 1. The molecule has 1 amide bonds. The molecule has 0 radical (unpaired) electrons. The summed E-state index contributed by atoms with van der Waals surface area (Å²) in [7, 11) is 0. The first kappa shape index (κ1) is 18.1. The van der Waals surface area contributed by atoms with Crippen LogP contribution in [-0.4, -0.2) is 17.0 Å². The Bertz CT molecular complexity index is 1020. The van der Waals surface area contributed by atoms with Gasteiger partial charge < -0.3 is 4.42 Å². The van der Waals surface area contributed by atoms with Crippen LogP contribution in [0.3, 0.4) is 0 Å². The minimum Gasteiger partial charge on any atom is -0.455 e. The summed E-state index contributed by atoms with van der Waals surface area (Å²) in [4.78, 5) is 22.8. The summed E-state index contributed by atoms with van der Waals surface area (Å²) in [5.74, 6) is 0.379. The van der Waals surface area contributed by atoms with E-state index in [0.717, 1.165) is 11.1 Å². The second-order valence-corrected chi connectivity index (χ2v) is 6.04. The predicted molar refractivity (Wildman–Crippen MR) is 102 cm³/mol. The van der Waals surface area contributed by atoms with Gasteiger partial charge in [0, 0.05) is 11.6 Å². The van der Waals surface area contributed by atoms with Crippen molar-refractivity contribution in [1.82, 2.24) is 5.43 Å². The molecule has 0 spiro atoms. The number of nitro groups is 1. The Balaban J connectivity index is 1.73. The molecule has 2 aromatic carbocycles. The van der Waals surface area contributed by atoms with Gasteiger partial charge in [-0.05, 0) is 49.7 Å². The predicted octanol–water partition coefficient (Wildman–Crippen LogP) is 4.24. The number of rotatable bonds is 5. The molecule has 0 unspecified atom stereocenters. The zero-order chi connectivity index (χ0) is 19.4. The molecule has 136 valence electrons. The van der Waals surface area contributed by atoms with Crippen LogP contribution in [0.15, 0.2) is 64.1 Å². The monoisotopic (exact) mass is 363 g/mol. The molecular formula is C20H17N3O4. The molecule has 0 fully saturated rings. The Kier molecular flexibility index (Phi) is 5.12. The first-order valence-electron chi connectivity index (χ1n) is 8.19. The summed E-state index contributed by atoms with van der Waals surface area (Å²) in [6.45, 7) is 3.72. The van der Waals surface area contributed by atoms with Gasteiger partial charge in [0.25, 0.3) is 11.6 Å². The van der Waals surface area contributed by atoms with Gasteiger partial charge in [0.2, 0.25) is 0 Å². The zero-order valence-corrected chi connectivity index (χ0v) is 14.8. The molecule has 0 aliphatic rings. The van der Waals surface area contributed by atoms with Crippen molar-refractivity contribution in [2.24, 2.45) is 5.10 Å². The zero-order valence-electron chi connectivity index (χ0n) is 14.8. The lowest BCUT2D eigenvalue weighted by molar-refractivity contribution is -0.384. The van der Waals surface area contributed by atoms with E-state index in [1.165, 1.54) is 12.3 Å². The lowest BCUT2D eigenvalue weighted by atomic mass is 10.1. The van der Waals surface area contributed by atoms with Crippen LogP contribution in [0, 0.1) is 24.0 Å². The van der Waals surface area contributed by atoms with Gasteiger partial charge in [-0.1, -0.05) is 23.8 Å². The van der Waals surface area contributed by atoms with Gasteiger partial charge in [0.1, 0.15) is 11.5 Å². The molecule has 27 heavy (non-hydrogen) atoms. The maximum atomic E-state index is 12.0.